The Bertz CT molecular complexity index is 501. The summed E-state index contributed by atoms with van der Waals surface area (Å²) in [7, 11) is 0. The van der Waals surface area contributed by atoms with E-state index in [0.29, 0.717) is 11.1 Å². The third kappa shape index (κ3) is 1.16. The lowest BCUT2D eigenvalue weighted by molar-refractivity contribution is 0.0311. The van der Waals surface area contributed by atoms with Crippen LogP contribution in [-0.4, -0.2) is 33.4 Å². The van der Waals surface area contributed by atoms with Crippen molar-refractivity contribution in [2.75, 3.05) is 0 Å². The van der Waals surface area contributed by atoms with E-state index in [1.165, 1.54) is 5.01 Å². The molecule has 0 aliphatic carbocycles. The molecule has 0 bridgehead atoms. The molecule has 3 rings (SSSR count). The molecule has 88 valence electrons. The first-order valence-corrected chi connectivity index (χ1v) is 5.73. The van der Waals surface area contributed by atoms with Crippen LogP contribution in [0.25, 0.3) is 0 Å². The third-order valence-electron chi connectivity index (χ3n) is 3.90. The number of carbonyl (C=O) groups excluding carboxylic acids is 2. The SMILES string of the molecule is CC1N(N2C(=O)c3ccccc3C2=O)C1(C)C. The number of hydrazine groups is 1. The molecule has 0 N–H and O–H groups in total. The first-order chi connectivity index (χ1) is 7.96. The van der Waals surface area contributed by atoms with Gasteiger partial charge in [-0.3, -0.25) is 9.59 Å². The van der Waals surface area contributed by atoms with Gasteiger partial charge in [-0.1, -0.05) is 12.1 Å². The van der Waals surface area contributed by atoms with E-state index in [1.807, 2.05) is 25.8 Å². The molecule has 4 nitrogen and oxygen atoms in total. The van der Waals surface area contributed by atoms with Crippen molar-refractivity contribution in [2.45, 2.75) is 32.4 Å². The average molecular weight is 230 g/mol. The van der Waals surface area contributed by atoms with E-state index in [-0.39, 0.29) is 23.4 Å². The van der Waals surface area contributed by atoms with E-state index >= 15 is 0 Å². The summed E-state index contributed by atoms with van der Waals surface area (Å²) in [4.78, 5) is 24.4. The molecule has 2 unspecified atom stereocenters. The lowest BCUT2D eigenvalue weighted by Crippen LogP contribution is -2.38. The summed E-state index contributed by atoms with van der Waals surface area (Å²) >= 11 is 0. The molecule has 1 aromatic carbocycles. The van der Waals surface area contributed by atoms with Gasteiger partial charge in [0.15, 0.2) is 0 Å². The van der Waals surface area contributed by atoms with Crippen molar-refractivity contribution in [3.8, 4) is 0 Å². The lowest BCUT2D eigenvalue weighted by Gasteiger charge is -2.17. The van der Waals surface area contributed by atoms with Gasteiger partial charge in [-0.25, -0.2) is 5.01 Å². The minimum absolute atomic E-state index is 0.118. The maximum Gasteiger partial charge on any atom is 0.276 e. The molecular formula is C13H14N2O2. The van der Waals surface area contributed by atoms with Gasteiger partial charge in [-0.15, -0.1) is 0 Å². The number of rotatable bonds is 1. The van der Waals surface area contributed by atoms with Crippen LogP contribution in [0.1, 0.15) is 41.5 Å². The number of fused-ring (bicyclic) bond motifs is 1. The standard InChI is InChI=1S/C13H14N2O2/c1-8-13(2,3)15(8)14-11(16)9-6-4-5-7-10(9)12(14)17/h4-8H,1-3H3. The number of carbonyl (C=O) groups is 2. The first kappa shape index (κ1) is 10.5. The van der Waals surface area contributed by atoms with Gasteiger partial charge in [-0.2, -0.15) is 5.01 Å². The maximum absolute atomic E-state index is 12.2. The molecule has 2 atom stereocenters. The van der Waals surface area contributed by atoms with E-state index in [4.69, 9.17) is 0 Å². The van der Waals surface area contributed by atoms with E-state index in [2.05, 4.69) is 0 Å². The third-order valence-corrected chi connectivity index (χ3v) is 3.90. The normalized spacial score (nSPS) is 29.5. The number of amides is 2. The van der Waals surface area contributed by atoms with Crippen LogP contribution in [-0.2, 0) is 0 Å². The second kappa shape index (κ2) is 2.96. The number of hydrogen-bond acceptors (Lipinski definition) is 3. The molecule has 1 saturated heterocycles. The van der Waals surface area contributed by atoms with Crippen LogP contribution in [0.5, 0.6) is 0 Å². The largest absolute Gasteiger partial charge is 0.276 e. The van der Waals surface area contributed by atoms with Gasteiger partial charge < -0.3 is 0 Å². The number of hydrogen-bond donors (Lipinski definition) is 0. The highest BCUT2D eigenvalue weighted by atomic mass is 16.2. The van der Waals surface area contributed by atoms with Crippen molar-refractivity contribution in [3.63, 3.8) is 0 Å². The zero-order valence-corrected chi connectivity index (χ0v) is 10.1. The zero-order chi connectivity index (χ0) is 12.4. The summed E-state index contributed by atoms with van der Waals surface area (Å²) in [6, 6.07) is 7.19. The molecule has 2 aliphatic rings. The minimum Gasteiger partial charge on any atom is -0.267 e. The number of imide groups is 1. The van der Waals surface area contributed by atoms with Gasteiger partial charge in [0, 0.05) is 6.04 Å². The minimum atomic E-state index is -0.206. The Morgan fingerprint density at radius 2 is 1.47 bits per heavy atom. The monoisotopic (exact) mass is 230 g/mol. The van der Waals surface area contributed by atoms with Gasteiger partial charge in [0.2, 0.25) is 0 Å². The van der Waals surface area contributed by atoms with Crippen LogP contribution < -0.4 is 0 Å². The molecule has 0 aromatic heterocycles. The highest BCUT2D eigenvalue weighted by Gasteiger charge is 2.60. The molecule has 1 aromatic rings. The van der Waals surface area contributed by atoms with Crippen molar-refractivity contribution in [1.29, 1.82) is 0 Å². The molecule has 2 aliphatic heterocycles. The maximum atomic E-state index is 12.2. The summed E-state index contributed by atoms with van der Waals surface area (Å²) in [6.07, 6.45) is 0. The topological polar surface area (TPSA) is 40.4 Å². The fourth-order valence-corrected chi connectivity index (χ4v) is 2.46. The summed E-state index contributed by atoms with van der Waals surface area (Å²) < 4.78 is 0. The first-order valence-electron chi connectivity index (χ1n) is 5.73. The summed E-state index contributed by atoms with van der Waals surface area (Å²) in [5.74, 6) is -0.411. The molecule has 1 fully saturated rings. The Morgan fingerprint density at radius 3 is 1.82 bits per heavy atom. The number of benzene rings is 1. The van der Waals surface area contributed by atoms with Gasteiger partial charge in [0.05, 0.1) is 16.7 Å². The smallest absolute Gasteiger partial charge is 0.267 e. The van der Waals surface area contributed by atoms with Gasteiger partial charge >= 0.3 is 0 Å². The van der Waals surface area contributed by atoms with Crippen LogP contribution in [0.4, 0.5) is 0 Å². The van der Waals surface area contributed by atoms with Crippen molar-refractivity contribution in [3.05, 3.63) is 35.4 Å². The predicted octanol–water partition coefficient (Wildman–Crippen LogP) is 1.68. The summed E-state index contributed by atoms with van der Waals surface area (Å²) in [5.41, 5.74) is 0.896. The highest BCUT2D eigenvalue weighted by Crippen LogP contribution is 2.44. The van der Waals surface area contributed by atoms with Gasteiger partial charge in [0.25, 0.3) is 11.8 Å². The quantitative estimate of drug-likeness (QED) is 0.544. The van der Waals surface area contributed by atoms with E-state index in [9.17, 15) is 9.59 Å². The summed E-state index contributed by atoms with van der Waals surface area (Å²) in [6.45, 7) is 6.08. The number of nitrogens with zero attached hydrogens (tertiary/aromatic N) is 2. The van der Waals surface area contributed by atoms with E-state index in [0.717, 1.165) is 0 Å². The second-order valence-corrected chi connectivity index (χ2v) is 5.14. The average Bonchev–Trinajstić information content (AvgIpc) is 2.67. The fourth-order valence-electron chi connectivity index (χ4n) is 2.46. The Labute approximate surface area is 99.8 Å². The van der Waals surface area contributed by atoms with Crippen molar-refractivity contribution >= 4 is 11.8 Å². The van der Waals surface area contributed by atoms with Gasteiger partial charge in [0.1, 0.15) is 0 Å². The molecule has 0 saturated carbocycles. The highest BCUT2D eigenvalue weighted by molar-refractivity contribution is 6.21. The Hall–Kier alpha value is -1.68. The fraction of sp³-hybridized carbons (Fsp3) is 0.385. The van der Waals surface area contributed by atoms with Crippen molar-refractivity contribution in [1.82, 2.24) is 10.0 Å². The lowest BCUT2D eigenvalue weighted by atomic mass is 10.1. The van der Waals surface area contributed by atoms with E-state index < -0.39 is 0 Å². The predicted molar refractivity (Wildman–Crippen MR) is 62.3 cm³/mol. The van der Waals surface area contributed by atoms with Crippen LogP contribution in [0.15, 0.2) is 24.3 Å². The van der Waals surface area contributed by atoms with Crippen LogP contribution >= 0.6 is 0 Å². The zero-order valence-electron chi connectivity index (χ0n) is 10.1. The molecule has 2 amide bonds. The Balaban J connectivity index is 2.03. The van der Waals surface area contributed by atoms with Gasteiger partial charge in [-0.05, 0) is 32.9 Å². The molecule has 17 heavy (non-hydrogen) atoms. The second-order valence-electron chi connectivity index (χ2n) is 5.14. The summed E-state index contributed by atoms with van der Waals surface area (Å²) in [5, 5.41) is 3.13. The Kier molecular flexibility index (Phi) is 1.82. The van der Waals surface area contributed by atoms with E-state index in [1.54, 1.807) is 24.3 Å². The van der Waals surface area contributed by atoms with Crippen LogP contribution in [0, 0.1) is 0 Å². The molecule has 2 heterocycles. The van der Waals surface area contributed by atoms with Crippen molar-refractivity contribution < 1.29 is 9.59 Å². The van der Waals surface area contributed by atoms with Crippen LogP contribution in [0.2, 0.25) is 0 Å². The van der Waals surface area contributed by atoms with Crippen LogP contribution in [0.3, 0.4) is 0 Å². The molecule has 4 heteroatoms. The Morgan fingerprint density at radius 1 is 1.06 bits per heavy atom. The van der Waals surface area contributed by atoms with Crippen molar-refractivity contribution in [2.24, 2.45) is 0 Å². The molecular weight excluding hydrogens is 216 g/mol. The molecule has 0 spiro atoms. The molecule has 0 radical (unpaired) electrons.